The molecule has 3 heterocycles. The molecule has 98 heavy (non-hydrogen) atoms. The predicted molar refractivity (Wildman–Crippen MR) is 353 cm³/mol. The van der Waals surface area contributed by atoms with E-state index in [1.54, 1.807) is 13.8 Å². The summed E-state index contributed by atoms with van der Waals surface area (Å²) < 4.78 is 83.8. The molecule has 22 nitrogen and oxygen atoms in total. The van der Waals surface area contributed by atoms with Crippen molar-refractivity contribution in [2.45, 2.75) is 273 Å². The highest BCUT2D eigenvalue weighted by molar-refractivity contribution is 6.20. The van der Waals surface area contributed by atoms with Gasteiger partial charge in [0, 0.05) is 66.2 Å². The molecule has 13 atom stereocenters. The van der Waals surface area contributed by atoms with Crippen LogP contribution in [0.25, 0.3) is 0 Å². The Morgan fingerprint density at radius 1 is 0.582 bits per heavy atom. The summed E-state index contributed by atoms with van der Waals surface area (Å²) in [4.78, 5) is 171. The zero-order chi connectivity index (χ0) is 72.6. The number of likely N-dealkylation sites (N-methyl/N-ethyl adjacent to an activating group) is 5. The van der Waals surface area contributed by atoms with E-state index in [4.69, 9.17) is 11.6 Å². The molecule has 1 spiro atoms. The van der Waals surface area contributed by atoms with Gasteiger partial charge in [0.05, 0.1) is 18.4 Å². The Balaban J connectivity index is 1.24. The summed E-state index contributed by atoms with van der Waals surface area (Å²) in [5, 5.41) is 10.4. The minimum absolute atomic E-state index is 0.0384. The lowest BCUT2D eigenvalue weighted by Gasteiger charge is -2.45. The fourth-order valence-corrected chi connectivity index (χ4v) is 16.8. The van der Waals surface area contributed by atoms with Crippen molar-refractivity contribution in [2.75, 3.05) is 54.9 Å². The second-order valence-electron chi connectivity index (χ2n) is 30.2. The monoisotopic (exact) mass is 1420 g/mol. The van der Waals surface area contributed by atoms with Gasteiger partial charge in [-0.2, -0.15) is 26.3 Å². The molecule has 29 heteroatoms. The smallest absolute Gasteiger partial charge is 0.351 e. The molecule has 3 unspecified atom stereocenters. The van der Waals surface area contributed by atoms with Crippen molar-refractivity contribution in [2.24, 2.45) is 41.4 Å². The van der Waals surface area contributed by atoms with Crippen molar-refractivity contribution in [3.63, 3.8) is 0 Å². The van der Waals surface area contributed by atoms with Gasteiger partial charge in [-0.05, 0) is 159 Å². The molecule has 4 aliphatic carbocycles. The fraction of sp³-hybridized carbons (Fsp3) is 0.841. The van der Waals surface area contributed by atoms with Crippen LogP contribution >= 0.6 is 11.6 Å². The molecule has 0 aromatic carbocycles. The second kappa shape index (κ2) is 33.7. The number of nitrogens with zero attached hydrogens (tertiary/aromatic N) is 7. The average Bonchev–Trinajstić information content (AvgIpc) is 1.76. The van der Waals surface area contributed by atoms with E-state index in [1.807, 2.05) is 20.8 Å². The maximum absolute atomic E-state index is 15.3. The average molecular weight is 1420 g/mol. The summed E-state index contributed by atoms with van der Waals surface area (Å²) in [6.07, 6.45) is -4.36. The molecule has 0 bridgehead atoms. The minimum Gasteiger partial charge on any atom is -0.351 e. The van der Waals surface area contributed by atoms with Crippen LogP contribution < -0.4 is 21.3 Å². The summed E-state index contributed by atoms with van der Waals surface area (Å²) in [6, 6.07) is -10.5. The van der Waals surface area contributed by atoms with Gasteiger partial charge in [-0.15, -0.1) is 11.6 Å². The van der Waals surface area contributed by atoms with Crippen molar-refractivity contribution >= 4 is 76.6 Å². The lowest BCUT2D eigenvalue weighted by Crippen LogP contribution is -2.65. The molecule has 0 aromatic heterocycles. The van der Waals surface area contributed by atoms with Gasteiger partial charge in [0.2, 0.25) is 65.0 Å². The predicted octanol–water partition coefficient (Wildman–Crippen LogP) is 7.08. The van der Waals surface area contributed by atoms with Gasteiger partial charge in [0.25, 0.3) is 0 Å². The molecular formula is C69H108ClF6N11O11. The number of fused-ring (bicyclic) bond motifs is 2. The third kappa shape index (κ3) is 19.0. The Labute approximate surface area is 578 Å². The van der Waals surface area contributed by atoms with E-state index < -0.39 is 179 Å². The van der Waals surface area contributed by atoms with Crippen LogP contribution in [0.1, 0.15) is 196 Å². The van der Waals surface area contributed by atoms with E-state index in [0.29, 0.717) is 38.5 Å². The zero-order valence-electron chi connectivity index (χ0n) is 59.2. The van der Waals surface area contributed by atoms with Crippen LogP contribution in [0.5, 0.6) is 0 Å². The highest BCUT2D eigenvalue weighted by Gasteiger charge is 2.53. The quantitative estimate of drug-likeness (QED) is 0.127. The third-order valence-electron chi connectivity index (χ3n) is 22.8. The molecule has 7 rings (SSSR count). The van der Waals surface area contributed by atoms with Gasteiger partial charge in [-0.3, -0.25) is 52.7 Å². The highest BCUT2D eigenvalue weighted by Crippen LogP contribution is 2.45. The second-order valence-corrected chi connectivity index (χ2v) is 30.7. The van der Waals surface area contributed by atoms with Crippen LogP contribution in [0.15, 0.2) is 0 Å². The van der Waals surface area contributed by atoms with Gasteiger partial charge in [-0.25, -0.2) is 0 Å². The standard InChI is InChI=1S/C69H108ClF6N11O11/c1-12-40(4)56-65(97)82(8)42(6)61(93)87-33-29-51(87)64(96)84(10)53(37-44-21-25-46(26-22-44)68(71,72)73)63(95)81(7)38-54(88)78-49(28-24-43-23-27-47(48(70)36-43)69(74,75)76)62(94)86-32-17-20-50(86)59(91)80-67(30-15-16-31-67)66(98)85(11)57(45-18-13-14-19-45)60(92)77-41(5)35-55(89)83(9)52(34-39(2)3)58(90)79-56/h39-53,56-57H,12-38H2,1-11H3,(H,77,92)(H,78,88)(H,79,90)(H,80,91)/t40-,41+,42-,43?,44?,46?,47?,48?,49-,50-,51-,52-,53-,56-,57-/m0/s1. The first-order valence-corrected chi connectivity index (χ1v) is 36.3. The zero-order valence-corrected chi connectivity index (χ0v) is 59.9. The third-order valence-corrected chi connectivity index (χ3v) is 23.3. The van der Waals surface area contributed by atoms with E-state index in [-0.39, 0.29) is 128 Å². The Bertz CT molecular complexity index is 2870. The summed E-state index contributed by atoms with van der Waals surface area (Å²) in [5.74, 6) is -12.3. The first kappa shape index (κ1) is 79.4. The molecule has 3 aliphatic heterocycles. The van der Waals surface area contributed by atoms with Crippen LogP contribution in [0.4, 0.5) is 26.3 Å². The summed E-state index contributed by atoms with van der Waals surface area (Å²) >= 11 is 6.37. The molecule has 0 aromatic rings. The number of alkyl halides is 7. The Kier molecular flexibility index (Phi) is 27.3. The van der Waals surface area contributed by atoms with Gasteiger partial charge >= 0.3 is 12.4 Å². The molecule has 11 amide bonds. The van der Waals surface area contributed by atoms with Crippen molar-refractivity contribution < 1.29 is 79.1 Å². The van der Waals surface area contributed by atoms with Crippen LogP contribution in [-0.2, 0) is 52.7 Å². The molecule has 0 radical (unpaired) electrons. The Morgan fingerprint density at radius 3 is 1.78 bits per heavy atom. The summed E-state index contributed by atoms with van der Waals surface area (Å²) in [6.45, 7) is 9.83. The number of carbonyl (C=O) groups is 11. The van der Waals surface area contributed by atoms with E-state index in [9.17, 15) is 69.5 Å². The molecule has 554 valence electrons. The van der Waals surface area contributed by atoms with E-state index in [2.05, 4.69) is 21.3 Å². The SMILES string of the molecule is CC[C@H](C)[C@@H]1NC(=O)[C@H](CC(C)C)N(C)C(=O)C[C@@H](C)NC(=O)[C@H](C2CCCC2)N(C)C(=O)C2(CCCC2)NC(=O)[C@@H]2CCCN2C(=O)[C@H](CCC2CCC(C(F)(F)F)C(Cl)C2)NC(=O)CN(C)C(=O)[C@H](CC2CCC(C(F)(F)F)CC2)N(C)C(=O)[C@@H]2CCN2C(=O)[C@H](C)N(C)C1=O. The fourth-order valence-electron chi connectivity index (χ4n) is 16.3. The lowest BCUT2D eigenvalue weighted by atomic mass is 9.78. The van der Waals surface area contributed by atoms with Gasteiger partial charge in [-0.1, -0.05) is 59.8 Å². The molecular weight excluding hydrogens is 1310 g/mol. The first-order valence-electron chi connectivity index (χ1n) is 35.8. The lowest BCUT2D eigenvalue weighted by molar-refractivity contribution is -0.184. The van der Waals surface area contributed by atoms with E-state index in [0.717, 1.165) is 22.6 Å². The topological polar surface area (TPSA) is 259 Å². The van der Waals surface area contributed by atoms with Gasteiger partial charge < -0.3 is 55.6 Å². The molecule has 4 N–H and O–H groups in total. The van der Waals surface area contributed by atoms with Crippen molar-refractivity contribution in [3.05, 3.63) is 0 Å². The molecule has 3 saturated heterocycles. The number of halogens is 7. The molecule has 4 saturated carbocycles. The number of amides is 11. The van der Waals surface area contributed by atoms with Crippen LogP contribution in [0.2, 0.25) is 0 Å². The minimum atomic E-state index is -4.54. The number of nitrogens with one attached hydrogen (secondary N) is 4. The Morgan fingerprint density at radius 2 is 1.20 bits per heavy atom. The van der Waals surface area contributed by atoms with Crippen LogP contribution in [0, 0.1) is 41.4 Å². The molecule has 7 fully saturated rings. The van der Waals surface area contributed by atoms with Crippen LogP contribution in [0.3, 0.4) is 0 Å². The molecule has 7 aliphatic rings. The van der Waals surface area contributed by atoms with E-state index in [1.165, 1.54) is 66.7 Å². The largest absolute Gasteiger partial charge is 0.393 e. The van der Waals surface area contributed by atoms with Gasteiger partial charge in [0.1, 0.15) is 53.9 Å². The number of hydrogen-bond donors (Lipinski definition) is 4. The highest BCUT2D eigenvalue weighted by atomic mass is 35.5. The van der Waals surface area contributed by atoms with Crippen molar-refractivity contribution in [3.8, 4) is 0 Å². The number of carbonyl (C=O) groups excluding carboxylic acids is 11. The number of rotatable bonds is 10. The van der Waals surface area contributed by atoms with E-state index >= 15 is 9.59 Å². The summed E-state index contributed by atoms with van der Waals surface area (Å²) in [7, 11) is 7.02. The first-order chi connectivity index (χ1) is 45.9. The van der Waals surface area contributed by atoms with Crippen molar-refractivity contribution in [1.29, 1.82) is 0 Å². The van der Waals surface area contributed by atoms with Crippen LogP contribution in [-0.4, -0.2) is 232 Å². The summed E-state index contributed by atoms with van der Waals surface area (Å²) in [5.41, 5.74) is -1.51. The number of hydrogen-bond acceptors (Lipinski definition) is 11. The maximum Gasteiger partial charge on any atom is 0.393 e. The maximum atomic E-state index is 15.3. The van der Waals surface area contributed by atoms with Crippen molar-refractivity contribution in [1.82, 2.24) is 55.6 Å². The Hall–Kier alpha value is -5.96. The normalized spacial score (nSPS) is 32.8. The van der Waals surface area contributed by atoms with Gasteiger partial charge in [0.15, 0.2) is 0 Å².